The van der Waals surface area contributed by atoms with Crippen molar-refractivity contribution in [1.82, 2.24) is 25.6 Å². The van der Waals surface area contributed by atoms with Crippen molar-refractivity contribution >= 4 is 40.5 Å². The molecule has 240 valence electrons. The zero-order valence-electron chi connectivity index (χ0n) is 26.1. The van der Waals surface area contributed by atoms with E-state index in [2.05, 4.69) is 16.0 Å². The van der Waals surface area contributed by atoms with Crippen LogP contribution in [0.3, 0.4) is 0 Å². The van der Waals surface area contributed by atoms with Gasteiger partial charge < -0.3 is 30.4 Å². The Labute approximate surface area is 258 Å². The van der Waals surface area contributed by atoms with Gasteiger partial charge in [0, 0.05) is 31.0 Å². The molecule has 3 heterocycles. The van der Waals surface area contributed by atoms with Gasteiger partial charge in [-0.25, -0.2) is 0 Å². The summed E-state index contributed by atoms with van der Waals surface area (Å²) in [5.41, 5.74) is 1.58. The van der Waals surface area contributed by atoms with Crippen molar-refractivity contribution in [2.24, 2.45) is 5.92 Å². The SMILES string of the molecule is CCC(C)[C@@H]1NC(=O)[C@H](Cc2cn(OC)c3ccccc23)NC(=O)[C@H](CCCCC(=O)OC)NC(=O)[C@H]2CCCCN2C1=O. The van der Waals surface area contributed by atoms with Gasteiger partial charge in [-0.05, 0) is 49.7 Å². The maximum absolute atomic E-state index is 14.0. The predicted molar refractivity (Wildman–Crippen MR) is 163 cm³/mol. The number of amides is 4. The molecular formula is C32H45N5O7. The van der Waals surface area contributed by atoms with Gasteiger partial charge in [-0.2, -0.15) is 4.73 Å². The van der Waals surface area contributed by atoms with E-state index in [1.54, 1.807) is 22.9 Å². The Hall–Kier alpha value is -4.09. The lowest BCUT2D eigenvalue weighted by Crippen LogP contribution is -2.64. The van der Waals surface area contributed by atoms with Crippen molar-refractivity contribution in [3.05, 3.63) is 36.0 Å². The second-order valence-corrected chi connectivity index (χ2v) is 11.7. The third kappa shape index (κ3) is 7.51. The Balaban J connectivity index is 1.69. The van der Waals surface area contributed by atoms with Crippen molar-refractivity contribution in [3.63, 3.8) is 0 Å². The number of carbonyl (C=O) groups excluding carboxylic acids is 5. The Bertz CT molecular complexity index is 1360. The molecule has 5 atom stereocenters. The fraction of sp³-hybridized carbons (Fsp3) is 0.594. The molecule has 44 heavy (non-hydrogen) atoms. The minimum Gasteiger partial charge on any atom is -0.469 e. The lowest BCUT2D eigenvalue weighted by Gasteiger charge is -2.39. The Morgan fingerprint density at radius 1 is 0.977 bits per heavy atom. The molecule has 0 radical (unpaired) electrons. The van der Waals surface area contributed by atoms with Crippen LogP contribution in [-0.2, 0) is 35.1 Å². The van der Waals surface area contributed by atoms with Gasteiger partial charge >= 0.3 is 5.97 Å². The zero-order valence-corrected chi connectivity index (χ0v) is 26.1. The van der Waals surface area contributed by atoms with E-state index >= 15 is 0 Å². The number of methoxy groups -OCH3 is 1. The number of nitrogens with one attached hydrogen (secondary N) is 3. The quantitative estimate of drug-likeness (QED) is 0.274. The van der Waals surface area contributed by atoms with Crippen molar-refractivity contribution in [2.45, 2.75) is 95.8 Å². The molecule has 12 nitrogen and oxygen atoms in total. The van der Waals surface area contributed by atoms with Gasteiger partial charge in [0.25, 0.3) is 0 Å². The summed E-state index contributed by atoms with van der Waals surface area (Å²) in [6.07, 6.45) is 5.92. The third-order valence-electron chi connectivity index (χ3n) is 8.86. The van der Waals surface area contributed by atoms with Crippen LogP contribution in [0.1, 0.15) is 70.8 Å². The average molecular weight is 612 g/mol. The van der Waals surface area contributed by atoms with E-state index in [4.69, 9.17) is 9.57 Å². The first-order valence-electron chi connectivity index (χ1n) is 15.6. The standard InChI is InChI=1S/C32H45N5O7/c1-5-20(2)28-32(42)36-17-11-10-15-26(36)31(41)33-23(13-7-9-16-27(38)43-3)29(39)34-24(30(40)35-28)18-21-19-37(44-4)25-14-8-6-12-22(21)25/h6,8,12,14,19-20,23-24,26,28H,5,7,9-11,13,15-18H2,1-4H3,(H,33,41)(H,34,39)(H,35,40)/t20?,23-,24-,26+,28-/m0/s1. The van der Waals surface area contributed by atoms with Gasteiger partial charge in [-0.15, -0.1) is 0 Å². The summed E-state index contributed by atoms with van der Waals surface area (Å²) >= 11 is 0. The minimum absolute atomic E-state index is 0.130. The van der Waals surface area contributed by atoms with E-state index in [9.17, 15) is 24.0 Å². The number of unbranched alkanes of at least 4 members (excludes halogenated alkanes) is 1. The number of ether oxygens (including phenoxy) is 1. The second-order valence-electron chi connectivity index (χ2n) is 11.7. The number of para-hydroxylation sites is 1. The minimum atomic E-state index is -1.04. The lowest BCUT2D eigenvalue weighted by molar-refractivity contribution is -0.147. The Kier molecular flexibility index (Phi) is 11.2. The van der Waals surface area contributed by atoms with Gasteiger partial charge in [0.05, 0.1) is 12.6 Å². The van der Waals surface area contributed by atoms with Crippen LogP contribution in [0, 0.1) is 5.92 Å². The fourth-order valence-corrected chi connectivity index (χ4v) is 6.07. The number of carbonyl (C=O) groups is 5. The summed E-state index contributed by atoms with van der Waals surface area (Å²) in [5.74, 6) is -2.20. The van der Waals surface area contributed by atoms with Gasteiger partial charge in [-0.1, -0.05) is 44.9 Å². The number of hydrogen-bond donors (Lipinski definition) is 3. The molecule has 0 aliphatic carbocycles. The van der Waals surface area contributed by atoms with Crippen LogP contribution in [-0.4, -0.2) is 84.2 Å². The lowest BCUT2D eigenvalue weighted by atomic mass is 9.93. The molecule has 0 spiro atoms. The van der Waals surface area contributed by atoms with E-state index in [1.807, 2.05) is 38.1 Å². The van der Waals surface area contributed by atoms with Crippen LogP contribution in [0.4, 0.5) is 0 Å². The van der Waals surface area contributed by atoms with Crippen molar-refractivity contribution in [2.75, 3.05) is 20.8 Å². The summed E-state index contributed by atoms with van der Waals surface area (Å²) in [6, 6.07) is 4.00. The second kappa shape index (κ2) is 15.1. The molecule has 1 aromatic heterocycles. The summed E-state index contributed by atoms with van der Waals surface area (Å²) in [5, 5.41) is 9.60. The molecule has 2 aromatic rings. The predicted octanol–water partition coefficient (Wildman–Crippen LogP) is 1.87. The Morgan fingerprint density at radius 3 is 2.43 bits per heavy atom. The Morgan fingerprint density at radius 2 is 1.70 bits per heavy atom. The van der Waals surface area contributed by atoms with Crippen LogP contribution >= 0.6 is 0 Å². The smallest absolute Gasteiger partial charge is 0.305 e. The molecule has 2 aliphatic heterocycles. The van der Waals surface area contributed by atoms with Gasteiger partial charge in [0.2, 0.25) is 23.6 Å². The van der Waals surface area contributed by atoms with Crippen LogP contribution in [0.2, 0.25) is 0 Å². The molecule has 0 saturated carbocycles. The molecule has 1 aromatic carbocycles. The highest BCUT2D eigenvalue weighted by molar-refractivity contribution is 5.98. The maximum Gasteiger partial charge on any atom is 0.305 e. The summed E-state index contributed by atoms with van der Waals surface area (Å²) in [6.45, 7) is 4.25. The molecule has 12 heteroatoms. The fourth-order valence-electron chi connectivity index (χ4n) is 6.07. The molecule has 3 N–H and O–H groups in total. The zero-order chi connectivity index (χ0) is 31.8. The number of fused-ring (bicyclic) bond motifs is 2. The maximum atomic E-state index is 14.0. The van der Waals surface area contributed by atoms with E-state index in [0.29, 0.717) is 32.2 Å². The molecule has 2 saturated heterocycles. The molecule has 1 unspecified atom stereocenters. The highest BCUT2D eigenvalue weighted by Crippen LogP contribution is 2.24. The normalized spacial score (nSPS) is 23.9. The van der Waals surface area contributed by atoms with Crippen LogP contribution in [0.15, 0.2) is 30.5 Å². The average Bonchev–Trinajstić information content (AvgIpc) is 3.40. The van der Waals surface area contributed by atoms with Crippen molar-refractivity contribution in [1.29, 1.82) is 0 Å². The topological polar surface area (TPSA) is 148 Å². The summed E-state index contributed by atoms with van der Waals surface area (Å²) in [7, 11) is 2.87. The molecule has 4 amide bonds. The monoisotopic (exact) mass is 611 g/mol. The van der Waals surface area contributed by atoms with E-state index in [1.165, 1.54) is 7.11 Å². The molecule has 2 aliphatic rings. The van der Waals surface area contributed by atoms with Crippen molar-refractivity contribution in [3.8, 4) is 0 Å². The van der Waals surface area contributed by atoms with Gasteiger partial charge in [0.15, 0.2) is 0 Å². The number of piperidine rings is 1. The first-order chi connectivity index (χ1) is 21.2. The number of hydrogen-bond acceptors (Lipinski definition) is 7. The highest BCUT2D eigenvalue weighted by atomic mass is 16.6. The molecular weight excluding hydrogens is 566 g/mol. The van der Waals surface area contributed by atoms with Crippen molar-refractivity contribution < 1.29 is 33.5 Å². The summed E-state index contributed by atoms with van der Waals surface area (Å²) in [4.78, 5) is 74.2. The van der Waals surface area contributed by atoms with E-state index in [-0.39, 0.29) is 43.0 Å². The van der Waals surface area contributed by atoms with Gasteiger partial charge in [0.1, 0.15) is 31.3 Å². The van der Waals surface area contributed by atoms with Crippen LogP contribution < -0.4 is 20.8 Å². The number of nitrogens with zero attached hydrogens (tertiary/aromatic N) is 2. The van der Waals surface area contributed by atoms with Crippen LogP contribution in [0.5, 0.6) is 0 Å². The number of aromatic nitrogens is 1. The molecule has 4 rings (SSSR count). The van der Waals surface area contributed by atoms with Gasteiger partial charge in [-0.3, -0.25) is 24.0 Å². The highest BCUT2D eigenvalue weighted by Gasteiger charge is 2.40. The molecule has 0 bridgehead atoms. The van der Waals surface area contributed by atoms with Crippen LogP contribution in [0.25, 0.3) is 10.9 Å². The number of esters is 1. The van der Waals surface area contributed by atoms with E-state index in [0.717, 1.165) is 29.3 Å². The first kappa shape index (κ1) is 32.8. The largest absolute Gasteiger partial charge is 0.469 e. The summed E-state index contributed by atoms with van der Waals surface area (Å²) < 4.78 is 6.32. The third-order valence-corrected chi connectivity index (χ3v) is 8.86. The van der Waals surface area contributed by atoms with E-state index < -0.39 is 36.0 Å². The number of benzene rings is 1. The first-order valence-corrected chi connectivity index (χ1v) is 15.6. The molecule has 2 fully saturated rings. The number of rotatable bonds is 10.